The summed E-state index contributed by atoms with van der Waals surface area (Å²) >= 11 is 6.17. The number of hydrogen-bond donors (Lipinski definition) is 3. The molecule has 7 heteroatoms. The highest BCUT2D eigenvalue weighted by atomic mass is 35.5. The fourth-order valence-electron chi connectivity index (χ4n) is 2.66. The maximum atomic E-state index is 12.7. The van der Waals surface area contributed by atoms with Crippen LogP contribution in [-0.2, 0) is 0 Å². The first-order chi connectivity index (χ1) is 12.6. The monoisotopic (exact) mass is 371 g/mol. The van der Waals surface area contributed by atoms with Gasteiger partial charge in [-0.1, -0.05) is 41.9 Å². The standard InChI is InChI=1S/C19H18ClN3O3/c1-26-17-8-7-13(9-15(17)20)18-14(10-21-23-18)19(25)22-16(11-24)12-5-3-2-4-6-12/h2-10,16,24H,11H2,1H3,(H,21,23)(H,22,25)/t16-/m0/s1. The topological polar surface area (TPSA) is 87.2 Å². The lowest BCUT2D eigenvalue weighted by Gasteiger charge is -2.16. The van der Waals surface area contributed by atoms with Crippen LogP contribution >= 0.6 is 11.6 Å². The minimum atomic E-state index is -0.508. The van der Waals surface area contributed by atoms with Crippen LogP contribution in [-0.4, -0.2) is 34.9 Å². The number of aliphatic hydroxyl groups excluding tert-OH is 1. The Bertz CT molecular complexity index is 896. The average Bonchev–Trinajstić information content (AvgIpc) is 3.16. The molecule has 26 heavy (non-hydrogen) atoms. The summed E-state index contributed by atoms with van der Waals surface area (Å²) in [6, 6.07) is 14.0. The first-order valence-electron chi connectivity index (χ1n) is 7.98. The molecule has 0 saturated heterocycles. The smallest absolute Gasteiger partial charge is 0.255 e. The van der Waals surface area contributed by atoms with Crippen LogP contribution in [0.15, 0.2) is 54.7 Å². The lowest BCUT2D eigenvalue weighted by molar-refractivity contribution is 0.0917. The number of aliphatic hydroxyl groups is 1. The van der Waals surface area contributed by atoms with Crippen LogP contribution in [0.2, 0.25) is 5.02 Å². The van der Waals surface area contributed by atoms with Crippen molar-refractivity contribution >= 4 is 17.5 Å². The highest BCUT2D eigenvalue weighted by molar-refractivity contribution is 6.32. The SMILES string of the molecule is COc1ccc(-c2[nH]ncc2C(=O)N[C@@H](CO)c2ccccc2)cc1Cl. The van der Waals surface area contributed by atoms with Crippen LogP contribution in [0, 0.1) is 0 Å². The minimum absolute atomic E-state index is 0.211. The fraction of sp³-hybridized carbons (Fsp3) is 0.158. The van der Waals surface area contributed by atoms with Crippen molar-refractivity contribution in [2.75, 3.05) is 13.7 Å². The molecule has 3 aromatic rings. The molecule has 0 bridgehead atoms. The van der Waals surface area contributed by atoms with Gasteiger partial charge < -0.3 is 15.2 Å². The molecule has 1 aromatic heterocycles. The molecule has 134 valence electrons. The van der Waals surface area contributed by atoms with Crippen molar-refractivity contribution in [2.24, 2.45) is 0 Å². The van der Waals surface area contributed by atoms with E-state index in [-0.39, 0.29) is 12.5 Å². The zero-order chi connectivity index (χ0) is 18.5. The summed E-state index contributed by atoms with van der Waals surface area (Å²) in [6.07, 6.45) is 1.45. The van der Waals surface area contributed by atoms with Crippen molar-refractivity contribution in [3.63, 3.8) is 0 Å². The highest BCUT2D eigenvalue weighted by Crippen LogP contribution is 2.30. The van der Waals surface area contributed by atoms with E-state index in [0.29, 0.717) is 27.6 Å². The Morgan fingerprint density at radius 1 is 1.31 bits per heavy atom. The summed E-state index contributed by atoms with van der Waals surface area (Å²) in [5.41, 5.74) is 2.43. The third kappa shape index (κ3) is 3.71. The van der Waals surface area contributed by atoms with Gasteiger partial charge in [0.1, 0.15) is 5.75 Å². The summed E-state index contributed by atoms with van der Waals surface area (Å²) in [7, 11) is 1.54. The molecule has 3 rings (SSSR count). The molecule has 1 heterocycles. The Morgan fingerprint density at radius 3 is 2.73 bits per heavy atom. The van der Waals surface area contributed by atoms with Gasteiger partial charge in [-0.2, -0.15) is 5.10 Å². The molecule has 6 nitrogen and oxygen atoms in total. The Balaban J connectivity index is 1.86. The molecule has 0 fully saturated rings. The van der Waals surface area contributed by atoms with Gasteiger partial charge in [0.15, 0.2) is 0 Å². The maximum Gasteiger partial charge on any atom is 0.255 e. The van der Waals surface area contributed by atoms with E-state index in [1.54, 1.807) is 18.2 Å². The van der Waals surface area contributed by atoms with E-state index in [1.165, 1.54) is 13.3 Å². The Morgan fingerprint density at radius 2 is 2.08 bits per heavy atom. The number of aromatic amines is 1. The number of halogens is 1. The number of rotatable bonds is 6. The van der Waals surface area contributed by atoms with Gasteiger partial charge in [-0.3, -0.25) is 9.89 Å². The fourth-order valence-corrected chi connectivity index (χ4v) is 2.91. The number of hydrogen-bond acceptors (Lipinski definition) is 4. The number of H-pyrrole nitrogens is 1. The van der Waals surface area contributed by atoms with Gasteiger partial charge in [0.2, 0.25) is 0 Å². The van der Waals surface area contributed by atoms with Crippen LogP contribution in [0.3, 0.4) is 0 Å². The summed E-state index contributed by atoms with van der Waals surface area (Å²) in [4.78, 5) is 12.7. The average molecular weight is 372 g/mol. The number of ether oxygens (including phenoxy) is 1. The summed E-state index contributed by atoms with van der Waals surface area (Å²) in [5, 5.41) is 19.7. The second-order valence-electron chi connectivity index (χ2n) is 5.63. The molecule has 2 aromatic carbocycles. The predicted octanol–water partition coefficient (Wildman–Crippen LogP) is 3.20. The number of methoxy groups -OCH3 is 1. The molecule has 0 aliphatic heterocycles. The normalized spacial score (nSPS) is 11.8. The van der Waals surface area contributed by atoms with E-state index >= 15 is 0 Å². The van der Waals surface area contributed by atoms with Crippen LogP contribution < -0.4 is 10.1 Å². The van der Waals surface area contributed by atoms with E-state index in [0.717, 1.165) is 5.56 Å². The number of carbonyl (C=O) groups is 1. The van der Waals surface area contributed by atoms with E-state index in [4.69, 9.17) is 16.3 Å². The van der Waals surface area contributed by atoms with Crippen LogP contribution in [0.1, 0.15) is 22.0 Å². The third-order valence-electron chi connectivity index (χ3n) is 4.01. The molecular formula is C19H18ClN3O3. The Kier molecular flexibility index (Phi) is 5.55. The third-order valence-corrected chi connectivity index (χ3v) is 4.31. The van der Waals surface area contributed by atoms with Gasteiger partial charge in [-0.25, -0.2) is 0 Å². The molecule has 1 amide bonds. The number of amides is 1. The lowest BCUT2D eigenvalue weighted by Crippen LogP contribution is -2.30. The first-order valence-corrected chi connectivity index (χ1v) is 8.35. The maximum absolute atomic E-state index is 12.7. The number of benzene rings is 2. The Labute approximate surface area is 155 Å². The minimum Gasteiger partial charge on any atom is -0.495 e. The van der Waals surface area contributed by atoms with Crippen molar-refractivity contribution < 1.29 is 14.6 Å². The van der Waals surface area contributed by atoms with E-state index < -0.39 is 6.04 Å². The molecule has 3 N–H and O–H groups in total. The van der Waals surface area contributed by atoms with Crippen LogP contribution in [0.4, 0.5) is 0 Å². The number of nitrogens with zero attached hydrogens (tertiary/aromatic N) is 1. The Hall–Kier alpha value is -2.83. The molecule has 1 atom stereocenters. The van der Waals surface area contributed by atoms with Crippen molar-refractivity contribution in [2.45, 2.75) is 6.04 Å². The predicted molar refractivity (Wildman–Crippen MR) is 99.3 cm³/mol. The van der Waals surface area contributed by atoms with Gasteiger partial charge in [-0.05, 0) is 23.8 Å². The summed E-state index contributed by atoms with van der Waals surface area (Å²) in [6.45, 7) is -0.211. The van der Waals surface area contributed by atoms with Crippen molar-refractivity contribution in [1.82, 2.24) is 15.5 Å². The molecular weight excluding hydrogens is 354 g/mol. The summed E-state index contributed by atoms with van der Waals surface area (Å²) in [5.74, 6) is 0.203. The number of carbonyl (C=O) groups excluding carboxylic acids is 1. The zero-order valence-corrected chi connectivity index (χ0v) is 14.8. The second-order valence-corrected chi connectivity index (χ2v) is 6.03. The molecule has 0 aliphatic carbocycles. The van der Waals surface area contributed by atoms with Gasteiger partial charge in [-0.15, -0.1) is 0 Å². The van der Waals surface area contributed by atoms with Crippen molar-refractivity contribution in [1.29, 1.82) is 0 Å². The molecule has 0 aliphatic rings. The van der Waals surface area contributed by atoms with Crippen molar-refractivity contribution in [3.05, 3.63) is 70.9 Å². The van der Waals surface area contributed by atoms with Crippen molar-refractivity contribution in [3.8, 4) is 17.0 Å². The molecule has 0 unspecified atom stereocenters. The quantitative estimate of drug-likeness (QED) is 0.621. The highest BCUT2D eigenvalue weighted by Gasteiger charge is 2.20. The van der Waals surface area contributed by atoms with Crippen LogP contribution in [0.5, 0.6) is 5.75 Å². The molecule has 0 saturated carbocycles. The second kappa shape index (κ2) is 8.03. The zero-order valence-electron chi connectivity index (χ0n) is 14.1. The van der Waals surface area contributed by atoms with Gasteiger partial charge in [0.25, 0.3) is 5.91 Å². The van der Waals surface area contributed by atoms with E-state index in [1.807, 2.05) is 30.3 Å². The number of aromatic nitrogens is 2. The largest absolute Gasteiger partial charge is 0.495 e. The van der Waals surface area contributed by atoms with Gasteiger partial charge >= 0.3 is 0 Å². The van der Waals surface area contributed by atoms with Crippen LogP contribution in [0.25, 0.3) is 11.3 Å². The van der Waals surface area contributed by atoms with Gasteiger partial charge in [0, 0.05) is 5.56 Å². The summed E-state index contributed by atoms with van der Waals surface area (Å²) < 4.78 is 5.15. The first kappa shape index (κ1) is 18.0. The van der Waals surface area contributed by atoms with E-state index in [9.17, 15) is 9.90 Å². The van der Waals surface area contributed by atoms with Gasteiger partial charge in [0.05, 0.1) is 42.2 Å². The number of nitrogens with one attached hydrogen (secondary N) is 2. The molecule has 0 radical (unpaired) electrons. The molecule has 0 spiro atoms. The lowest BCUT2D eigenvalue weighted by atomic mass is 10.1. The van der Waals surface area contributed by atoms with E-state index in [2.05, 4.69) is 15.5 Å².